The van der Waals surface area contributed by atoms with Crippen LogP contribution in [0.1, 0.15) is 25.5 Å². The molecule has 0 aliphatic carbocycles. The Morgan fingerprint density at radius 1 is 1.53 bits per heavy atom. The molecule has 1 fully saturated rings. The van der Waals surface area contributed by atoms with Crippen LogP contribution >= 0.6 is 0 Å². The second kappa shape index (κ2) is 5.87. The number of esters is 1. The average molecular weight is 237 g/mol. The van der Waals surface area contributed by atoms with E-state index < -0.39 is 0 Å². The molecule has 0 aromatic carbocycles. The number of hydrogen-bond acceptors (Lipinski definition) is 4. The Balaban J connectivity index is 1.76. The van der Waals surface area contributed by atoms with Gasteiger partial charge in [0.2, 0.25) is 0 Å². The van der Waals surface area contributed by atoms with Crippen LogP contribution in [0, 0.1) is 5.92 Å². The maximum Gasteiger partial charge on any atom is 0.309 e. The summed E-state index contributed by atoms with van der Waals surface area (Å²) in [4.78, 5) is 13.9. The predicted octanol–water partition coefficient (Wildman–Crippen LogP) is 2.05. The third-order valence-electron chi connectivity index (χ3n) is 3.17. The number of hydrogen-bond donors (Lipinski definition) is 0. The van der Waals surface area contributed by atoms with Crippen molar-refractivity contribution in [3.8, 4) is 0 Å². The SMILES string of the molecule is CCOC(=O)C1CCN(Cc2ccco2)CC1. The van der Waals surface area contributed by atoms with Crippen molar-refractivity contribution in [1.29, 1.82) is 0 Å². The number of rotatable bonds is 4. The maximum absolute atomic E-state index is 11.6. The van der Waals surface area contributed by atoms with Gasteiger partial charge in [0.15, 0.2) is 0 Å². The first-order valence-electron chi connectivity index (χ1n) is 6.21. The maximum atomic E-state index is 11.6. The minimum absolute atomic E-state index is 0.0369. The van der Waals surface area contributed by atoms with Crippen molar-refractivity contribution in [3.63, 3.8) is 0 Å². The lowest BCUT2D eigenvalue weighted by Crippen LogP contribution is -2.36. The summed E-state index contributed by atoms with van der Waals surface area (Å²) in [7, 11) is 0. The highest BCUT2D eigenvalue weighted by molar-refractivity contribution is 5.72. The molecule has 2 rings (SSSR count). The molecular formula is C13H19NO3. The number of ether oxygens (including phenoxy) is 1. The molecule has 0 saturated carbocycles. The molecule has 17 heavy (non-hydrogen) atoms. The summed E-state index contributed by atoms with van der Waals surface area (Å²) in [5.74, 6) is 1.03. The molecule has 0 N–H and O–H groups in total. The van der Waals surface area contributed by atoms with Crippen molar-refractivity contribution < 1.29 is 13.9 Å². The number of carbonyl (C=O) groups excluding carboxylic acids is 1. The van der Waals surface area contributed by atoms with Gasteiger partial charge in [-0.2, -0.15) is 0 Å². The van der Waals surface area contributed by atoms with E-state index in [1.54, 1.807) is 6.26 Å². The lowest BCUT2D eigenvalue weighted by molar-refractivity contribution is -0.149. The highest BCUT2D eigenvalue weighted by Crippen LogP contribution is 2.20. The molecule has 0 atom stereocenters. The van der Waals surface area contributed by atoms with Gasteiger partial charge in [-0.15, -0.1) is 0 Å². The second-order valence-corrected chi connectivity index (χ2v) is 4.38. The third kappa shape index (κ3) is 3.33. The van der Waals surface area contributed by atoms with Gasteiger partial charge in [-0.3, -0.25) is 9.69 Å². The zero-order valence-corrected chi connectivity index (χ0v) is 10.2. The molecule has 2 heterocycles. The first kappa shape index (κ1) is 12.2. The smallest absolute Gasteiger partial charge is 0.309 e. The van der Waals surface area contributed by atoms with Gasteiger partial charge < -0.3 is 9.15 Å². The van der Waals surface area contributed by atoms with Crippen molar-refractivity contribution in [2.45, 2.75) is 26.3 Å². The van der Waals surface area contributed by atoms with E-state index in [0.717, 1.165) is 38.2 Å². The predicted molar refractivity (Wildman–Crippen MR) is 63.3 cm³/mol. The number of nitrogens with zero attached hydrogens (tertiary/aromatic N) is 1. The first-order valence-corrected chi connectivity index (χ1v) is 6.21. The first-order chi connectivity index (χ1) is 8.29. The Kier molecular flexibility index (Phi) is 4.20. The molecule has 4 heteroatoms. The van der Waals surface area contributed by atoms with Crippen molar-refractivity contribution in [2.24, 2.45) is 5.92 Å². The van der Waals surface area contributed by atoms with Gasteiger partial charge in [0.05, 0.1) is 25.3 Å². The van der Waals surface area contributed by atoms with E-state index in [1.807, 2.05) is 19.1 Å². The van der Waals surface area contributed by atoms with E-state index in [4.69, 9.17) is 9.15 Å². The fraction of sp³-hybridized carbons (Fsp3) is 0.615. The van der Waals surface area contributed by atoms with Gasteiger partial charge in [-0.25, -0.2) is 0 Å². The van der Waals surface area contributed by atoms with Gasteiger partial charge in [0, 0.05) is 0 Å². The summed E-state index contributed by atoms with van der Waals surface area (Å²) in [6.45, 7) is 5.03. The summed E-state index contributed by atoms with van der Waals surface area (Å²) < 4.78 is 10.4. The van der Waals surface area contributed by atoms with Crippen molar-refractivity contribution in [1.82, 2.24) is 4.90 Å². The Labute approximate surface area is 102 Å². The van der Waals surface area contributed by atoms with Crippen LogP contribution in [0.25, 0.3) is 0 Å². The van der Waals surface area contributed by atoms with Crippen LogP contribution in [0.4, 0.5) is 0 Å². The van der Waals surface area contributed by atoms with Gasteiger partial charge >= 0.3 is 5.97 Å². The molecule has 1 aliphatic rings. The molecule has 1 aromatic heterocycles. The number of carbonyl (C=O) groups is 1. The van der Waals surface area contributed by atoms with Crippen LogP contribution in [0.2, 0.25) is 0 Å². The zero-order chi connectivity index (χ0) is 12.1. The quantitative estimate of drug-likeness (QED) is 0.752. The van der Waals surface area contributed by atoms with Crippen LogP contribution in [-0.4, -0.2) is 30.6 Å². The molecule has 1 aromatic rings. The summed E-state index contributed by atoms with van der Waals surface area (Å²) in [6, 6.07) is 3.89. The zero-order valence-electron chi connectivity index (χ0n) is 10.2. The van der Waals surface area contributed by atoms with Crippen LogP contribution in [0.3, 0.4) is 0 Å². The fourth-order valence-corrected chi connectivity index (χ4v) is 2.21. The van der Waals surface area contributed by atoms with Crippen LogP contribution in [0.15, 0.2) is 22.8 Å². The number of likely N-dealkylation sites (tertiary alicyclic amines) is 1. The molecule has 0 unspecified atom stereocenters. The van der Waals surface area contributed by atoms with E-state index in [0.29, 0.717) is 6.61 Å². The molecule has 94 valence electrons. The normalized spacial score (nSPS) is 18.2. The van der Waals surface area contributed by atoms with E-state index in [-0.39, 0.29) is 11.9 Å². The van der Waals surface area contributed by atoms with Gasteiger partial charge in [-0.1, -0.05) is 0 Å². The molecule has 0 bridgehead atoms. The van der Waals surface area contributed by atoms with Gasteiger partial charge in [0.1, 0.15) is 5.76 Å². The second-order valence-electron chi connectivity index (χ2n) is 4.38. The lowest BCUT2D eigenvalue weighted by Gasteiger charge is -2.29. The van der Waals surface area contributed by atoms with Gasteiger partial charge in [0.25, 0.3) is 0 Å². The number of piperidine rings is 1. The Morgan fingerprint density at radius 2 is 2.29 bits per heavy atom. The van der Waals surface area contributed by atoms with Crippen molar-refractivity contribution in [2.75, 3.05) is 19.7 Å². The Bertz CT molecular complexity index is 340. The molecule has 0 radical (unpaired) electrons. The molecule has 1 saturated heterocycles. The summed E-state index contributed by atoms with van der Waals surface area (Å²) in [5.41, 5.74) is 0. The standard InChI is InChI=1S/C13H19NO3/c1-2-16-13(15)11-5-7-14(8-6-11)10-12-4-3-9-17-12/h3-4,9,11H,2,5-8,10H2,1H3. The molecular weight excluding hydrogens is 218 g/mol. The minimum atomic E-state index is -0.0369. The summed E-state index contributed by atoms with van der Waals surface area (Å²) in [6.07, 6.45) is 3.47. The average Bonchev–Trinajstić information content (AvgIpc) is 2.83. The minimum Gasteiger partial charge on any atom is -0.468 e. The molecule has 0 spiro atoms. The van der Waals surface area contributed by atoms with Crippen LogP contribution < -0.4 is 0 Å². The Hall–Kier alpha value is -1.29. The van der Waals surface area contributed by atoms with Crippen molar-refractivity contribution in [3.05, 3.63) is 24.2 Å². The highest BCUT2D eigenvalue weighted by atomic mass is 16.5. The monoisotopic (exact) mass is 237 g/mol. The van der Waals surface area contributed by atoms with Crippen LogP contribution in [-0.2, 0) is 16.1 Å². The molecule has 1 aliphatic heterocycles. The van der Waals surface area contributed by atoms with E-state index >= 15 is 0 Å². The fourth-order valence-electron chi connectivity index (χ4n) is 2.21. The molecule has 0 amide bonds. The molecule has 4 nitrogen and oxygen atoms in total. The topological polar surface area (TPSA) is 42.7 Å². The van der Waals surface area contributed by atoms with E-state index in [9.17, 15) is 4.79 Å². The van der Waals surface area contributed by atoms with E-state index in [1.165, 1.54) is 0 Å². The van der Waals surface area contributed by atoms with Crippen molar-refractivity contribution >= 4 is 5.97 Å². The summed E-state index contributed by atoms with van der Waals surface area (Å²) in [5, 5.41) is 0. The highest BCUT2D eigenvalue weighted by Gasteiger charge is 2.26. The Morgan fingerprint density at radius 3 is 2.88 bits per heavy atom. The van der Waals surface area contributed by atoms with Crippen LogP contribution in [0.5, 0.6) is 0 Å². The van der Waals surface area contributed by atoms with E-state index in [2.05, 4.69) is 4.90 Å². The third-order valence-corrected chi connectivity index (χ3v) is 3.17. The van der Waals surface area contributed by atoms with Gasteiger partial charge in [-0.05, 0) is 45.0 Å². The largest absolute Gasteiger partial charge is 0.468 e. The lowest BCUT2D eigenvalue weighted by atomic mass is 9.97. The number of furan rings is 1. The summed E-state index contributed by atoms with van der Waals surface area (Å²) >= 11 is 0.